The number of hydrogen-bond donors (Lipinski definition) is 2. The summed E-state index contributed by atoms with van der Waals surface area (Å²) >= 11 is 17.2. The van der Waals surface area contributed by atoms with E-state index >= 15 is 0 Å². The minimum Gasteiger partial charge on any atom is -0.366 e. The fourth-order valence-electron chi connectivity index (χ4n) is 3.08. The van der Waals surface area contributed by atoms with Gasteiger partial charge in [-0.15, -0.1) is 0 Å². The molecular formula is C20H20Cl2N4O2S. The number of rotatable bonds is 3. The van der Waals surface area contributed by atoms with Crippen molar-refractivity contribution < 1.29 is 9.59 Å². The first-order valence-electron chi connectivity index (χ1n) is 9.02. The summed E-state index contributed by atoms with van der Waals surface area (Å²) in [6, 6.07) is 12.3. The van der Waals surface area contributed by atoms with E-state index in [0.717, 1.165) is 24.5 Å². The molecule has 0 unspecified atom stereocenters. The van der Waals surface area contributed by atoms with Crippen molar-refractivity contribution in [1.82, 2.24) is 10.2 Å². The molecule has 0 aromatic heterocycles. The normalized spacial score (nSPS) is 13.8. The first-order chi connectivity index (χ1) is 13.8. The van der Waals surface area contributed by atoms with Gasteiger partial charge in [-0.05, 0) is 42.5 Å². The lowest BCUT2D eigenvalue weighted by Gasteiger charge is -2.36. The van der Waals surface area contributed by atoms with Crippen LogP contribution >= 0.6 is 35.4 Å². The maximum absolute atomic E-state index is 12.4. The van der Waals surface area contributed by atoms with Gasteiger partial charge in [-0.3, -0.25) is 14.9 Å². The second-order valence-electron chi connectivity index (χ2n) is 6.55. The van der Waals surface area contributed by atoms with Crippen molar-refractivity contribution in [3.8, 4) is 0 Å². The van der Waals surface area contributed by atoms with Crippen LogP contribution in [0.25, 0.3) is 0 Å². The van der Waals surface area contributed by atoms with Gasteiger partial charge in [0.25, 0.3) is 5.91 Å². The molecule has 1 aliphatic rings. The number of piperazine rings is 1. The molecule has 1 aliphatic heterocycles. The van der Waals surface area contributed by atoms with Crippen LogP contribution < -0.4 is 15.5 Å². The van der Waals surface area contributed by atoms with Crippen molar-refractivity contribution >= 4 is 63.7 Å². The van der Waals surface area contributed by atoms with Crippen LogP contribution in [0.5, 0.6) is 0 Å². The minimum atomic E-state index is -0.381. The molecule has 1 fully saturated rings. The predicted molar refractivity (Wildman–Crippen MR) is 121 cm³/mol. The van der Waals surface area contributed by atoms with Crippen molar-refractivity contribution in [1.29, 1.82) is 0 Å². The van der Waals surface area contributed by atoms with Crippen LogP contribution in [-0.2, 0) is 4.79 Å². The maximum atomic E-state index is 12.4. The van der Waals surface area contributed by atoms with Crippen LogP contribution in [0.2, 0.25) is 10.0 Å². The molecule has 3 rings (SSSR count). The summed E-state index contributed by atoms with van der Waals surface area (Å²) in [5.74, 6) is -0.295. The van der Waals surface area contributed by atoms with Crippen LogP contribution in [0.4, 0.5) is 11.4 Å². The van der Waals surface area contributed by atoms with Gasteiger partial charge in [-0.25, -0.2) is 0 Å². The molecule has 29 heavy (non-hydrogen) atoms. The summed E-state index contributed by atoms with van der Waals surface area (Å²) < 4.78 is 0. The lowest BCUT2D eigenvalue weighted by Crippen LogP contribution is -2.48. The highest BCUT2D eigenvalue weighted by molar-refractivity contribution is 7.80. The van der Waals surface area contributed by atoms with Gasteiger partial charge in [0.05, 0.1) is 21.4 Å². The Labute approximate surface area is 184 Å². The van der Waals surface area contributed by atoms with Gasteiger partial charge in [0.15, 0.2) is 5.11 Å². The standard InChI is InChI=1S/C20H20Cl2N4O2S/c1-13(27)25-8-10-26(11-9-25)18-5-3-2-4-17(18)23-20(29)24-19(28)14-6-7-15(21)16(22)12-14/h2-7,12H,8-11H2,1H3,(H2,23,24,28,29). The Morgan fingerprint density at radius 2 is 1.69 bits per heavy atom. The molecule has 2 aromatic carbocycles. The number of hydrogen-bond acceptors (Lipinski definition) is 4. The maximum Gasteiger partial charge on any atom is 0.257 e. The summed E-state index contributed by atoms with van der Waals surface area (Å²) in [4.78, 5) is 28.0. The number of amides is 2. The van der Waals surface area contributed by atoms with Crippen LogP contribution in [0.3, 0.4) is 0 Å². The number of nitrogens with zero attached hydrogens (tertiary/aromatic N) is 2. The Hall–Kier alpha value is -2.35. The van der Waals surface area contributed by atoms with E-state index in [1.54, 1.807) is 19.1 Å². The van der Waals surface area contributed by atoms with Crippen molar-refractivity contribution in [2.24, 2.45) is 0 Å². The van der Waals surface area contributed by atoms with E-state index in [1.807, 2.05) is 29.2 Å². The molecule has 0 aliphatic carbocycles. The van der Waals surface area contributed by atoms with E-state index in [4.69, 9.17) is 35.4 Å². The monoisotopic (exact) mass is 450 g/mol. The molecule has 0 saturated carbocycles. The number of halogens is 2. The van der Waals surface area contributed by atoms with Crippen LogP contribution in [-0.4, -0.2) is 48.0 Å². The summed E-state index contributed by atoms with van der Waals surface area (Å²) in [5, 5.41) is 6.59. The first-order valence-corrected chi connectivity index (χ1v) is 10.2. The number of para-hydroxylation sites is 2. The average Bonchev–Trinajstić information content (AvgIpc) is 2.70. The number of nitrogens with one attached hydrogen (secondary N) is 2. The second kappa shape index (κ2) is 9.43. The van der Waals surface area contributed by atoms with Gasteiger partial charge >= 0.3 is 0 Å². The minimum absolute atomic E-state index is 0.0854. The van der Waals surface area contributed by atoms with Crippen LogP contribution in [0.15, 0.2) is 42.5 Å². The van der Waals surface area contributed by atoms with Gasteiger partial charge < -0.3 is 15.1 Å². The molecule has 6 nitrogen and oxygen atoms in total. The number of benzene rings is 2. The van der Waals surface area contributed by atoms with Crippen molar-refractivity contribution in [3.63, 3.8) is 0 Å². The molecule has 0 atom stereocenters. The third kappa shape index (κ3) is 5.38. The Bertz CT molecular complexity index is 946. The van der Waals surface area contributed by atoms with Gasteiger partial charge in [0, 0.05) is 38.7 Å². The van der Waals surface area contributed by atoms with Gasteiger partial charge in [-0.1, -0.05) is 35.3 Å². The quantitative estimate of drug-likeness (QED) is 0.696. The van der Waals surface area contributed by atoms with Crippen molar-refractivity contribution in [2.75, 3.05) is 36.4 Å². The van der Waals surface area contributed by atoms with E-state index in [-0.39, 0.29) is 16.9 Å². The lowest BCUT2D eigenvalue weighted by atomic mass is 10.2. The van der Waals surface area contributed by atoms with Gasteiger partial charge in [0.2, 0.25) is 5.91 Å². The van der Waals surface area contributed by atoms with Gasteiger partial charge in [0.1, 0.15) is 0 Å². The zero-order valence-corrected chi connectivity index (χ0v) is 18.1. The SMILES string of the molecule is CC(=O)N1CCN(c2ccccc2NC(=S)NC(=O)c2ccc(Cl)c(Cl)c2)CC1. The molecule has 152 valence electrons. The topological polar surface area (TPSA) is 64.7 Å². The van der Waals surface area contributed by atoms with E-state index in [1.165, 1.54) is 6.07 Å². The summed E-state index contributed by atoms with van der Waals surface area (Å²) in [6.45, 7) is 4.37. The van der Waals surface area contributed by atoms with Crippen molar-refractivity contribution in [3.05, 3.63) is 58.1 Å². The second-order valence-corrected chi connectivity index (χ2v) is 7.77. The molecule has 9 heteroatoms. The fourth-order valence-corrected chi connectivity index (χ4v) is 3.58. The largest absolute Gasteiger partial charge is 0.366 e. The first kappa shape index (κ1) is 21.4. The molecule has 2 amide bonds. The highest BCUT2D eigenvalue weighted by Gasteiger charge is 2.21. The molecule has 0 spiro atoms. The number of anilines is 2. The molecule has 1 heterocycles. The summed E-state index contributed by atoms with van der Waals surface area (Å²) in [7, 11) is 0. The third-order valence-corrected chi connectivity index (χ3v) is 5.57. The van der Waals surface area contributed by atoms with Gasteiger partial charge in [-0.2, -0.15) is 0 Å². The fraction of sp³-hybridized carbons (Fsp3) is 0.250. The molecular weight excluding hydrogens is 431 g/mol. The van der Waals surface area contributed by atoms with Crippen LogP contribution in [0.1, 0.15) is 17.3 Å². The van der Waals surface area contributed by atoms with E-state index in [9.17, 15) is 9.59 Å². The summed E-state index contributed by atoms with van der Waals surface area (Å²) in [5.41, 5.74) is 2.10. The Morgan fingerprint density at radius 1 is 1.00 bits per heavy atom. The molecule has 0 radical (unpaired) electrons. The van der Waals surface area contributed by atoms with E-state index in [0.29, 0.717) is 28.7 Å². The number of carbonyl (C=O) groups excluding carboxylic acids is 2. The Morgan fingerprint density at radius 3 is 2.34 bits per heavy atom. The highest BCUT2D eigenvalue weighted by atomic mass is 35.5. The Balaban J connectivity index is 1.66. The zero-order chi connectivity index (χ0) is 21.0. The number of thiocarbonyl (C=S) groups is 1. The molecule has 0 bridgehead atoms. The smallest absolute Gasteiger partial charge is 0.257 e. The van der Waals surface area contributed by atoms with Crippen LogP contribution in [0, 0.1) is 0 Å². The van der Waals surface area contributed by atoms with E-state index < -0.39 is 0 Å². The average molecular weight is 451 g/mol. The molecule has 2 aromatic rings. The predicted octanol–water partition coefficient (Wildman–Crippen LogP) is 3.79. The number of carbonyl (C=O) groups is 2. The third-order valence-electron chi connectivity index (χ3n) is 4.63. The van der Waals surface area contributed by atoms with E-state index in [2.05, 4.69) is 15.5 Å². The summed E-state index contributed by atoms with van der Waals surface area (Å²) in [6.07, 6.45) is 0. The highest BCUT2D eigenvalue weighted by Crippen LogP contribution is 2.27. The lowest BCUT2D eigenvalue weighted by molar-refractivity contribution is -0.129. The van der Waals surface area contributed by atoms with Crippen molar-refractivity contribution in [2.45, 2.75) is 6.92 Å². The zero-order valence-electron chi connectivity index (χ0n) is 15.7. The Kier molecular flexibility index (Phi) is 6.95. The molecule has 2 N–H and O–H groups in total. The molecule has 1 saturated heterocycles.